The molecule has 1 N–H and O–H groups in total. The summed E-state index contributed by atoms with van der Waals surface area (Å²) in [5.41, 5.74) is 3.54. The predicted octanol–water partition coefficient (Wildman–Crippen LogP) is 6.32. The van der Waals surface area contributed by atoms with Crippen LogP contribution in [0.1, 0.15) is 49.7 Å². The lowest BCUT2D eigenvalue weighted by Gasteiger charge is -2.41. The number of aromatic nitrogens is 1. The van der Waals surface area contributed by atoms with Crippen LogP contribution in [0.25, 0.3) is 10.9 Å². The number of unbranched alkanes of at least 4 members (excludes halogenated alkanes) is 1. The van der Waals surface area contributed by atoms with Crippen LogP contribution >= 0.6 is 11.6 Å². The van der Waals surface area contributed by atoms with Crippen molar-refractivity contribution in [3.05, 3.63) is 70.9 Å². The quantitative estimate of drug-likeness (QED) is 0.326. The van der Waals surface area contributed by atoms with Crippen molar-refractivity contribution in [1.82, 2.24) is 9.88 Å². The first-order chi connectivity index (χ1) is 16.6. The van der Waals surface area contributed by atoms with E-state index in [0.717, 1.165) is 80.4 Å². The van der Waals surface area contributed by atoms with E-state index in [1.165, 1.54) is 18.4 Å². The SMILES string of the molecule is COc1ccc2ncc(Cl)c(CCCC3(CO)CCN(CCCCc4ccccc4)CC3)c2c1. The molecule has 1 aromatic heterocycles. The van der Waals surface area contributed by atoms with Crippen LogP contribution in [-0.2, 0) is 12.8 Å². The fourth-order valence-corrected chi connectivity index (χ4v) is 5.52. The topological polar surface area (TPSA) is 45.6 Å². The summed E-state index contributed by atoms with van der Waals surface area (Å²) in [4.78, 5) is 7.05. The summed E-state index contributed by atoms with van der Waals surface area (Å²) in [6.45, 7) is 3.60. The van der Waals surface area contributed by atoms with Crippen molar-refractivity contribution in [2.24, 2.45) is 5.41 Å². The first kappa shape index (κ1) is 25.0. The Balaban J connectivity index is 1.26. The van der Waals surface area contributed by atoms with Crippen LogP contribution in [-0.4, -0.2) is 48.3 Å². The lowest BCUT2D eigenvalue weighted by atomic mass is 9.75. The van der Waals surface area contributed by atoms with Crippen molar-refractivity contribution in [3.8, 4) is 5.75 Å². The van der Waals surface area contributed by atoms with Crippen LogP contribution in [0.5, 0.6) is 5.75 Å². The summed E-state index contributed by atoms with van der Waals surface area (Å²) in [5.74, 6) is 0.820. The third kappa shape index (κ3) is 6.29. The molecule has 5 heteroatoms. The molecule has 0 unspecified atom stereocenters. The van der Waals surface area contributed by atoms with Crippen molar-refractivity contribution in [1.29, 1.82) is 0 Å². The van der Waals surface area contributed by atoms with Gasteiger partial charge in [0.25, 0.3) is 0 Å². The van der Waals surface area contributed by atoms with E-state index in [4.69, 9.17) is 16.3 Å². The molecule has 34 heavy (non-hydrogen) atoms. The van der Waals surface area contributed by atoms with Gasteiger partial charge in [0.15, 0.2) is 0 Å². The van der Waals surface area contributed by atoms with E-state index in [1.807, 2.05) is 18.2 Å². The third-order valence-corrected chi connectivity index (χ3v) is 7.88. The van der Waals surface area contributed by atoms with Crippen LogP contribution in [0.2, 0.25) is 5.02 Å². The molecule has 4 rings (SSSR count). The molecule has 0 aliphatic carbocycles. The maximum atomic E-state index is 10.3. The monoisotopic (exact) mass is 480 g/mol. The van der Waals surface area contributed by atoms with E-state index in [0.29, 0.717) is 5.02 Å². The number of likely N-dealkylation sites (tertiary alicyclic amines) is 1. The van der Waals surface area contributed by atoms with Crippen LogP contribution in [0, 0.1) is 5.41 Å². The summed E-state index contributed by atoms with van der Waals surface area (Å²) in [7, 11) is 1.68. The van der Waals surface area contributed by atoms with Crippen LogP contribution in [0.4, 0.5) is 0 Å². The maximum absolute atomic E-state index is 10.3. The van der Waals surface area contributed by atoms with E-state index >= 15 is 0 Å². The standard InChI is InChI=1S/C29H37ClN2O2/c1-34-24-12-13-28-26(20-24)25(27(30)21-31-28)11-7-14-29(22-33)15-18-32(19-16-29)17-6-5-10-23-8-3-2-4-9-23/h2-4,8-9,12-13,20-21,33H,5-7,10-11,14-19,22H2,1H3. The number of rotatable bonds is 11. The van der Waals surface area contributed by atoms with E-state index in [9.17, 15) is 5.11 Å². The van der Waals surface area contributed by atoms with Crippen LogP contribution in [0.15, 0.2) is 54.7 Å². The number of aliphatic hydroxyl groups excluding tert-OH is 1. The van der Waals surface area contributed by atoms with Gasteiger partial charge < -0.3 is 14.7 Å². The number of hydrogen-bond donors (Lipinski definition) is 1. The second-order valence-corrected chi connectivity index (χ2v) is 10.2. The summed E-state index contributed by atoms with van der Waals surface area (Å²) < 4.78 is 5.41. The molecule has 1 aliphatic rings. The molecule has 0 amide bonds. The molecular weight excluding hydrogens is 444 g/mol. The van der Waals surface area contributed by atoms with Gasteiger partial charge in [-0.1, -0.05) is 41.9 Å². The number of nitrogens with zero attached hydrogens (tertiary/aromatic N) is 2. The molecular formula is C29H37ClN2O2. The highest BCUT2D eigenvalue weighted by molar-refractivity contribution is 6.32. The van der Waals surface area contributed by atoms with Gasteiger partial charge in [-0.15, -0.1) is 0 Å². The van der Waals surface area contributed by atoms with Crippen molar-refractivity contribution >= 4 is 22.5 Å². The van der Waals surface area contributed by atoms with Crippen LogP contribution in [0.3, 0.4) is 0 Å². The van der Waals surface area contributed by atoms with Gasteiger partial charge in [-0.2, -0.15) is 0 Å². The fraction of sp³-hybridized carbons (Fsp3) is 0.483. The Kier molecular flexibility index (Phi) is 8.82. The molecule has 182 valence electrons. The molecule has 4 nitrogen and oxygen atoms in total. The summed E-state index contributed by atoms with van der Waals surface area (Å²) in [5, 5.41) is 12.1. The number of ether oxygens (including phenoxy) is 1. The Morgan fingerprint density at radius 2 is 1.82 bits per heavy atom. The van der Waals surface area contributed by atoms with E-state index in [1.54, 1.807) is 13.3 Å². The number of benzene rings is 2. The molecule has 0 saturated carbocycles. The molecule has 1 fully saturated rings. The zero-order valence-electron chi connectivity index (χ0n) is 20.3. The van der Waals surface area contributed by atoms with Gasteiger partial charge in [-0.3, -0.25) is 4.98 Å². The number of aryl methyl sites for hydroxylation is 2. The third-order valence-electron chi connectivity index (χ3n) is 7.55. The average molecular weight is 481 g/mol. The van der Waals surface area contributed by atoms with E-state index in [2.05, 4.69) is 40.2 Å². The number of halogens is 1. The summed E-state index contributed by atoms with van der Waals surface area (Å²) in [6, 6.07) is 16.7. The second-order valence-electron chi connectivity index (χ2n) is 9.76. The Labute approximate surface area is 208 Å². The van der Waals surface area contributed by atoms with Crippen molar-refractivity contribution in [2.45, 2.75) is 51.4 Å². The van der Waals surface area contributed by atoms with Crippen molar-refractivity contribution in [2.75, 3.05) is 33.4 Å². The molecule has 1 aliphatic heterocycles. The molecule has 2 heterocycles. The largest absolute Gasteiger partial charge is 0.497 e. The zero-order valence-corrected chi connectivity index (χ0v) is 21.1. The Hall–Kier alpha value is -2.14. The maximum Gasteiger partial charge on any atom is 0.119 e. The number of methoxy groups -OCH3 is 1. The Morgan fingerprint density at radius 1 is 1.03 bits per heavy atom. The minimum Gasteiger partial charge on any atom is -0.497 e. The van der Waals surface area contributed by atoms with Gasteiger partial charge in [0.05, 0.1) is 17.6 Å². The first-order valence-corrected chi connectivity index (χ1v) is 13.0. The molecule has 0 radical (unpaired) electrons. The lowest BCUT2D eigenvalue weighted by molar-refractivity contribution is 0.0352. The van der Waals surface area contributed by atoms with E-state index < -0.39 is 0 Å². The van der Waals surface area contributed by atoms with Gasteiger partial charge in [0.1, 0.15) is 5.75 Å². The molecule has 0 atom stereocenters. The summed E-state index contributed by atoms with van der Waals surface area (Å²) >= 11 is 6.55. The zero-order chi connectivity index (χ0) is 23.8. The average Bonchev–Trinajstić information content (AvgIpc) is 2.89. The van der Waals surface area contributed by atoms with Crippen LogP contribution < -0.4 is 4.74 Å². The van der Waals surface area contributed by atoms with Gasteiger partial charge >= 0.3 is 0 Å². The number of piperidine rings is 1. The molecule has 2 aromatic carbocycles. The Morgan fingerprint density at radius 3 is 2.56 bits per heavy atom. The highest BCUT2D eigenvalue weighted by Crippen LogP contribution is 2.37. The lowest BCUT2D eigenvalue weighted by Crippen LogP contribution is -2.42. The van der Waals surface area contributed by atoms with Gasteiger partial charge in [0, 0.05) is 18.2 Å². The molecule has 0 spiro atoms. The fourth-order valence-electron chi connectivity index (χ4n) is 5.27. The van der Waals surface area contributed by atoms with Gasteiger partial charge in [-0.25, -0.2) is 0 Å². The highest BCUT2D eigenvalue weighted by atomic mass is 35.5. The smallest absolute Gasteiger partial charge is 0.119 e. The predicted molar refractivity (Wildman–Crippen MR) is 141 cm³/mol. The highest BCUT2D eigenvalue weighted by Gasteiger charge is 2.33. The molecule has 3 aromatic rings. The van der Waals surface area contributed by atoms with Gasteiger partial charge in [0.2, 0.25) is 0 Å². The summed E-state index contributed by atoms with van der Waals surface area (Å²) in [6.07, 6.45) is 10.4. The second kappa shape index (κ2) is 12.0. The number of pyridine rings is 1. The molecule has 1 saturated heterocycles. The number of hydrogen-bond acceptors (Lipinski definition) is 4. The van der Waals surface area contributed by atoms with E-state index in [-0.39, 0.29) is 12.0 Å². The molecule has 0 bridgehead atoms. The minimum atomic E-state index is 0.0353. The van der Waals surface area contributed by atoms with Crippen molar-refractivity contribution < 1.29 is 9.84 Å². The number of fused-ring (bicyclic) bond motifs is 1. The normalized spacial score (nSPS) is 16.1. The Bertz CT molecular complexity index is 1050. The first-order valence-electron chi connectivity index (χ1n) is 12.6. The van der Waals surface area contributed by atoms with Crippen molar-refractivity contribution in [3.63, 3.8) is 0 Å². The van der Waals surface area contributed by atoms with Gasteiger partial charge in [-0.05, 0) is 106 Å². The minimum absolute atomic E-state index is 0.0353. The number of aliphatic hydroxyl groups is 1.